The van der Waals surface area contributed by atoms with Gasteiger partial charge in [-0.05, 0) is 42.8 Å². The van der Waals surface area contributed by atoms with Crippen LogP contribution in [0.15, 0.2) is 47.9 Å². The number of nitrogens with zero attached hydrogens (tertiary/aromatic N) is 3. The molecule has 0 amide bonds. The lowest BCUT2D eigenvalue weighted by atomic mass is 9.82. The molecule has 0 unspecified atom stereocenters. The number of nitrogens with two attached hydrogens (primary N) is 1. The van der Waals surface area contributed by atoms with Crippen LogP contribution in [0.5, 0.6) is 23.1 Å². The molecule has 11 nitrogen and oxygen atoms in total. The molecule has 3 aromatic rings. The van der Waals surface area contributed by atoms with Crippen LogP contribution < -0.4 is 19.9 Å². The van der Waals surface area contributed by atoms with Crippen molar-refractivity contribution in [3.63, 3.8) is 0 Å². The molecule has 33 heavy (non-hydrogen) atoms. The predicted molar refractivity (Wildman–Crippen MR) is 116 cm³/mol. The molecule has 0 spiro atoms. The van der Waals surface area contributed by atoms with Crippen LogP contribution >= 0.6 is 0 Å². The number of aromatic nitrogens is 2. The first-order valence-electron chi connectivity index (χ1n) is 9.83. The molecule has 0 bridgehead atoms. The quantitative estimate of drug-likeness (QED) is 0.377. The lowest BCUT2D eigenvalue weighted by molar-refractivity contribution is -0.386. The van der Waals surface area contributed by atoms with Gasteiger partial charge in [0.05, 0.1) is 35.8 Å². The lowest BCUT2D eigenvalue weighted by Gasteiger charge is -2.24. The minimum absolute atomic E-state index is 0.0427. The van der Waals surface area contributed by atoms with Gasteiger partial charge in [-0.2, -0.15) is 5.26 Å². The molecule has 0 aliphatic carbocycles. The zero-order valence-corrected chi connectivity index (χ0v) is 17.7. The fraction of sp³-hybridized carbons (Fsp3) is 0.182. The van der Waals surface area contributed by atoms with E-state index in [1.807, 2.05) is 6.07 Å². The first-order valence-corrected chi connectivity index (χ1v) is 9.83. The van der Waals surface area contributed by atoms with E-state index in [0.717, 1.165) is 0 Å². The number of aromatic hydroxyl groups is 1. The second-order valence-corrected chi connectivity index (χ2v) is 7.05. The van der Waals surface area contributed by atoms with Crippen molar-refractivity contribution in [2.24, 2.45) is 5.73 Å². The van der Waals surface area contributed by atoms with Crippen LogP contribution in [-0.4, -0.2) is 33.9 Å². The normalized spacial score (nSPS) is 14.8. The number of H-pyrrole nitrogens is 1. The van der Waals surface area contributed by atoms with Gasteiger partial charge in [-0.15, -0.1) is 5.10 Å². The maximum Gasteiger partial charge on any atom is 0.314 e. The number of phenolic OH excluding ortho intramolecular Hbond substituents is 1. The molecule has 0 saturated carbocycles. The van der Waals surface area contributed by atoms with Crippen molar-refractivity contribution in [2.45, 2.75) is 12.8 Å². The van der Waals surface area contributed by atoms with Gasteiger partial charge in [0.2, 0.25) is 17.5 Å². The number of rotatable bonds is 6. The maximum absolute atomic E-state index is 11.6. The van der Waals surface area contributed by atoms with E-state index in [2.05, 4.69) is 10.2 Å². The van der Waals surface area contributed by atoms with E-state index >= 15 is 0 Å². The highest BCUT2D eigenvalue weighted by atomic mass is 16.6. The van der Waals surface area contributed by atoms with Crippen molar-refractivity contribution < 1.29 is 24.2 Å². The second-order valence-electron chi connectivity index (χ2n) is 7.05. The Morgan fingerprint density at radius 3 is 2.70 bits per heavy atom. The molecule has 1 aromatic heterocycles. The van der Waals surface area contributed by atoms with Gasteiger partial charge < -0.3 is 25.1 Å². The zero-order chi connectivity index (χ0) is 23.7. The zero-order valence-electron chi connectivity index (χ0n) is 17.7. The molecule has 0 fully saturated rings. The van der Waals surface area contributed by atoms with Crippen molar-refractivity contribution in [3.8, 4) is 40.5 Å². The van der Waals surface area contributed by atoms with Gasteiger partial charge in [-0.1, -0.05) is 0 Å². The monoisotopic (exact) mass is 449 g/mol. The number of benzene rings is 2. The van der Waals surface area contributed by atoms with E-state index in [-0.39, 0.29) is 29.7 Å². The average Bonchev–Trinajstić information content (AvgIpc) is 3.22. The van der Waals surface area contributed by atoms with Crippen molar-refractivity contribution in [2.75, 3.05) is 13.7 Å². The molecule has 0 radical (unpaired) electrons. The van der Waals surface area contributed by atoms with Crippen LogP contribution in [0.3, 0.4) is 0 Å². The van der Waals surface area contributed by atoms with Gasteiger partial charge in [-0.3, -0.25) is 15.2 Å². The van der Waals surface area contributed by atoms with Crippen LogP contribution in [-0.2, 0) is 0 Å². The SMILES string of the molecule is CCOc1cc([C@@H]2C(C#N)=C(N)Oc3n[nH]c(-c4ccc(OC)cc4)c32)cc([N+](=O)[O-])c1O. The number of methoxy groups -OCH3 is 1. The highest BCUT2D eigenvalue weighted by molar-refractivity contribution is 5.72. The smallest absolute Gasteiger partial charge is 0.314 e. The second kappa shape index (κ2) is 8.43. The Hall–Kier alpha value is -4.72. The largest absolute Gasteiger partial charge is 0.500 e. The number of phenols is 1. The van der Waals surface area contributed by atoms with Crippen LogP contribution in [0.1, 0.15) is 24.0 Å². The summed E-state index contributed by atoms with van der Waals surface area (Å²) in [6, 6.07) is 11.8. The van der Waals surface area contributed by atoms with Gasteiger partial charge in [0, 0.05) is 11.6 Å². The Morgan fingerprint density at radius 2 is 2.09 bits per heavy atom. The summed E-state index contributed by atoms with van der Waals surface area (Å²) < 4.78 is 16.2. The van der Waals surface area contributed by atoms with Crippen LogP contribution in [0, 0.1) is 21.4 Å². The molecular weight excluding hydrogens is 430 g/mol. The standard InChI is InChI=1S/C22H19N5O6/c1-3-32-16-9-12(8-15(20(16)28)27(29)30)17-14(10-23)21(24)33-22-18(17)19(25-26-22)11-4-6-13(31-2)7-5-11/h4-9,17,28H,3,24H2,1-2H3,(H,25,26)/t17-/m1/s1. The van der Waals surface area contributed by atoms with Gasteiger partial charge >= 0.3 is 5.69 Å². The summed E-state index contributed by atoms with van der Waals surface area (Å²) in [5.74, 6) is -0.936. The summed E-state index contributed by atoms with van der Waals surface area (Å²) in [6.45, 7) is 1.85. The topological polar surface area (TPSA) is 170 Å². The molecule has 0 saturated heterocycles. The summed E-state index contributed by atoms with van der Waals surface area (Å²) in [6.07, 6.45) is 0. The maximum atomic E-state index is 11.6. The Kier molecular flexibility index (Phi) is 5.49. The summed E-state index contributed by atoms with van der Waals surface area (Å²) in [4.78, 5) is 10.9. The van der Waals surface area contributed by atoms with E-state index in [9.17, 15) is 20.5 Å². The highest BCUT2D eigenvalue weighted by Gasteiger charge is 2.37. The summed E-state index contributed by atoms with van der Waals surface area (Å²) in [5, 5.41) is 38.9. The number of aromatic amines is 1. The molecule has 4 N–H and O–H groups in total. The number of allylic oxidation sites excluding steroid dienone is 1. The van der Waals surface area contributed by atoms with E-state index in [1.165, 1.54) is 12.1 Å². The molecule has 2 heterocycles. The van der Waals surface area contributed by atoms with E-state index in [0.29, 0.717) is 28.1 Å². The Bertz CT molecular complexity index is 1310. The third-order valence-corrected chi connectivity index (χ3v) is 5.22. The van der Waals surface area contributed by atoms with E-state index in [1.54, 1.807) is 38.3 Å². The van der Waals surface area contributed by atoms with Gasteiger partial charge in [0.15, 0.2) is 5.75 Å². The summed E-state index contributed by atoms with van der Waals surface area (Å²) in [5.41, 5.74) is 7.50. The Balaban J connectivity index is 1.97. The van der Waals surface area contributed by atoms with Crippen molar-refractivity contribution in [3.05, 3.63) is 69.1 Å². The summed E-state index contributed by atoms with van der Waals surface area (Å²) in [7, 11) is 1.55. The number of ether oxygens (including phenoxy) is 3. The molecule has 168 valence electrons. The van der Waals surface area contributed by atoms with Gasteiger partial charge in [0.25, 0.3) is 0 Å². The van der Waals surface area contributed by atoms with Gasteiger partial charge in [0.1, 0.15) is 17.4 Å². The minimum atomic E-state index is -0.867. The number of nitro groups is 1. The number of hydrogen-bond donors (Lipinski definition) is 3. The first kappa shape index (κ1) is 21.5. The minimum Gasteiger partial charge on any atom is -0.500 e. The molecule has 11 heteroatoms. The Morgan fingerprint density at radius 1 is 1.36 bits per heavy atom. The van der Waals surface area contributed by atoms with Crippen LogP contribution in [0.25, 0.3) is 11.3 Å². The van der Waals surface area contributed by atoms with Crippen LogP contribution in [0.4, 0.5) is 5.69 Å². The molecule has 1 aliphatic heterocycles. The van der Waals surface area contributed by atoms with E-state index < -0.39 is 22.3 Å². The number of nitrogens with one attached hydrogen (secondary N) is 1. The first-order chi connectivity index (χ1) is 15.9. The molecule has 4 rings (SSSR count). The lowest BCUT2D eigenvalue weighted by Crippen LogP contribution is -2.21. The average molecular weight is 449 g/mol. The molecule has 1 aliphatic rings. The molecular formula is C22H19N5O6. The van der Waals surface area contributed by atoms with Crippen molar-refractivity contribution >= 4 is 5.69 Å². The highest BCUT2D eigenvalue weighted by Crippen LogP contribution is 2.48. The fourth-order valence-corrected chi connectivity index (χ4v) is 3.74. The van der Waals surface area contributed by atoms with Crippen molar-refractivity contribution in [1.29, 1.82) is 5.26 Å². The van der Waals surface area contributed by atoms with Crippen LogP contribution in [0.2, 0.25) is 0 Å². The fourth-order valence-electron chi connectivity index (χ4n) is 3.74. The molecule has 2 aromatic carbocycles. The number of fused-ring (bicyclic) bond motifs is 1. The summed E-state index contributed by atoms with van der Waals surface area (Å²) >= 11 is 0. The number of nitro benzene ring substituents is 1. The molecule has 1 atom stereocenters. The van der Waals surface area contributed by atoms with Crippen molar-refractivity contribution in [1.82, 2.24) is 10.2 Å². The number of hydrogen-bond acceptors (Lipinski definition) is 9. The van der Waals surface area contributed by atoms with Gasteiger partial charge in [-0.25, -0.2) is 0 Å². The number of nitriles is 1. The Labute approximate surface area is 187 Å². The van der Waals surface area contributed by atoms with E-state index in [4.69, 9.17) is 19.9 Å². The third kappa shape index (κ3) is 3.63. The third-order valence-electron chi connectivity index (χ3n) is 5.22. The predicted octanol–water partition coefficient (Wildman–Crippen LogP) is 3.32.